The molecule has 3 nitrogen and oxygen atoms in total. The van der Waals surface area contributed by atoms with Crippen LogP contribution in [0.25, 0.3) is 0 Å². The van der Waals surface area contributed by atoms with Crippen LogP contribution in [0.4, 0.5) is 28.9 Å². The zero-order valence-corrected chi connectivity index (χ0v) is 10.7. The van der Waals surface area contributed by atoms with E-state index in [0.29, 0.717) is 5.69 Å². The third-order valence-corrected chi connectivity index (χ3v) is 2.53. The summed E-state index contributed by atoms with van der Waals surface area (Å²) in [5.74, 6) is -6.72. The molecule has 0 unspecified atom stereocenters. The summed E-state index contributed by atoms with van der Waals surface area (Å²) < 4.78 is 49.6. The van der Waals surface area contributed by atoms with Crippen molar-refractivity contribution in [3.63, 3.8) is 0 Å². The van der Waals surface area contributed by atoms with E-state index in [4.69, 9.17) is 0 Å². The number of rotatable bonds is 4. The summed E-state index contributed by atoms with van der Waals surface area (Å²) in [5, 5.41) is 1.79. The zero-order chi connectivity index (χ0) is 14.8. The fourth-order valence-corrected chi connectivity index (χ4v) is 1.48. The van der Waals surface area contributed by atoms with Gasteiger partial charge in [-0.3, -0.25) is 4.79 Å². The van der Waals surface area contributed by atoms with Crippen LogP contribution in [0, 0.1) is 6.92 Å². The fraction of sp³-hybridized carbons (Fsp3) is 0.417. The van der Waals surface area contributed by atoms with Crippen LogP contribution in [-0.2, 0) is 4.79 Å². The lowest BCUT2D eigenvalue weighted by Crippen LogP contribution is -2.41. The molecule has 19 heavy (non-hydrogen) atoms. The first-order chi connectivity index (χ1) is 8.66. The summed E-state index contributed by atoms with van der Waals surface area (Å²) in [6.45, 7) is 1.80. The number of benzene rings is 1. The first-order valence-corrected chi connectivity index (χ1v) is 5.41. The molecular formula is C12H14F4N2O. The number of halogens is 4. The van der Waals surface area contributed by atoms with Crippen molar-refractivity contribution >= 4 is 17.3 Å². The molecule has 0 radical (unpaired) electrons. The van der Waals surface area contributed by atoms with Gasteiger partial charge in [-0.1, -0.05) is 6.07 Å². The highest BCUT2D eigenvalue weighted by molar-refractivity contribution is 5.96. The summed E-state index contributed by atoms with van der Waals surface area (Å²) in [5.41, 5.74) is 1.60. The van der Waals surface area contributed by atoms with Crippen molar-refractivity contribution in [1.82, 2.24) is 0 Å². The van der Waals surface area contributed by atoms with Crippen molar-refractivity contribution < 1.29 is 22.4 Å². The summed E-state index contributed by atoms with van der Waals surface area (Å²) in [7, 11) is 3.48. The Morgan fingerprint density at radius 2 is 1.89 bits per heavy atom. The SMILES string of the molecule is Cc1ccc(NC(=O)C(F)(F)C(F)F)cc1N(C)C. The maximum Gasteiger partial charge on any atom is 0.383 e. The highest BCUT2D eigenvalue weighted by atomic mass is 19.3. The standard InChI is InChI=1S/C12H14F4N2O/c1-7-4-5-8(6-9(7)18(2)3)17-11(19)12(15,16)10(13)14/h4-6,10H,1-3H3,(H,17,19). The first-order valence-electron chi connectivity index (χ1n) is 5.41. The molecule has 0 aliphatic heterocycles. The van der Waals surface area contributed by atoms with Gasteiger partial charge >= 0.3 is 18.3 Å². The van der Waals surface area contributed by atoms with E-state index in [-0.39, 0.29) is 5.69 Å². The quantitative estimate of drug-likeness (QED) is 0.859. The van der Waals surface area contributed by atoms with E-state index >= 15 is 0 Å². The lowest BCUT2D eigenvalue weighted by atomic mass is 10.1. The molecule has 106 valence electrons. The maximum atomic E-state index is 12.8. The second kappa shape index (κ2) is 5.46. The number of nitrogens with one attached hydrogen (secondary N) is 1. The van der Waals surface area contributed by atoms with Gasteiger partial charge in [0.25, 0.3) is 0 Å². The van der Waals surface area contributed by atoms with E-state index in [1.54, 1.807) is 37.3 Å². The third-order valence-electron chi connectivity index (χ3n) is 2.53. The first kappa shape index (κ1) is 15.3. The van der Waals surface area contributed by atoms with Gasteiger partial charge in [0.05, 0.1) is 0 Å². The van der Waals surface area contributed by atoms with Gasteiger partial charge in [-0.15, -0.1) is 0 Å². The highest BCUT2D eigenvalue weighted by Gasteiger charge is 2.48. The molecule has 0 aliphatic carbocycles. The van der Waals surface area contributed by atoms with E-state index in [2.05, 4.69) is 0 Å². The molecule has 0 heterocycles. The molecule has 0 saturated heterocycles. The van der Waals surface area contributed by atoms with Gasteiger partial charge in [-0.05, 0) is 24.6 Å². The normalized spacial score (nSPS) is 11.6. The minimum atomic E-state index is -4.71. The van der Waals surface area contributed by atoms with Crippen molar-refractivity contribution in [3.05, 3.63) is 23.8 Å². The van der Waals surface area contributed by atoms with Crippen LogP contribution in [0.3, 0.4) is 0 Å². The van der Waals surface area contributed by atoms with Gasteiger partial charge in [-0.25, -0.2) is 8.78 Å². The Labute approximate surface area is 108 Å². The summed E-state index contributed by atoms with van der Waals surface area (Å²) in [6, 6.07) is 4.42. The number of hydrogen-bond acceptors (Lipinski definition) is 2. The predicted octanol–water partition coefficient (Wildman–Crippen LogP) is 2.90. The monoisotopic (exact) mass is 278 g/mol. The van der Waals surface area contributed by atoms with Crippen molar-refractivity contribution in [2.45, 2.75) is 19.3 Å². The molecule has 7 heteroatoms. The number of amides is 1. The zero-order valence-electron chi connectivity index (χ0n) is 10.7. The molecule has 0 spiro atoms. The van der Waals surface area contributed by atoms with E-state index in [1.807, 2.05) is 0 Å². The van der Waals surface area contributed by atoms with Crippen molar-refractivity contribution in [3.8, 4) is 0 Å². The van der Waals surface area contributed by atoms with Crippen LogP contribution >= 0.6 is 0 Å². The van der Waals surface area contributed by atoms with Gasteiger partial charge in [0, 0.05) is 25.5 Å². The van der Waals surface area contributed by atoms with Gasteiger partial charge in [0.1, 0.15) is 0 Å². The molecule has 0 saturated carbocycles. The number of alkyl halides is 4. The van der Waals surface area contributed by atoms with E-state index in [0.717, 1.165) is 5.56 Å². The summed E-state index contributed by atoms with van der Waals surface area (Å²) in [4.78, 5) is 12.8. The lowest BCUT2D eigenvalue weighted by Gasteiger charge is -2.19. The Morgan fingerprint density at radius 3 is 2.37 bits per heavy atom. The maximum absolute atomic E-state index is 12.8. The number of nitrogens with zero attached hydrogens (tertiary/aromatic N) is 1. The van der Waals surface area contributed by atoms with Gasteiger partial charge in [0.15, 0.2) is 0 Å². The Bertz CT molecular complexity index is 475. The van der Waals surface area contributed by atoms with Gasteiger partial charge in [-0.2, -0.15) is 8.78 Å². The van der Waals surface area contributed by atoms with Crippen LogP contribution in [0.5, 0.6) is 0 Å². The molecule has 0 atom stereocenters. The molecule has 0 aliphatic rings. The molecule has 1 N–H and O–H groups in total. The Morgan fingerprint density at radius 1 is 1.32 bits per heavy atom. The molecule has 1 aromatic carbocycles. The largest absolute Gasteiger partial charge is 0.383 e. The number of hydrogen-bond donors (Lipinski definition) is 1. The second-order valence-electron chi connectivity index (χ2n) is 4.27. The molecule has 0 aromatic heterocycles. The van der Waals surface area contributed by atoms with Gasteiger partial charge < -0.3 is 10.2 Å². The minimum Gasteiger partial charge on any atom is -0.377 e. The van der Waals surface area contributed by atoms with E-state index < -0.39 is 18.3 Å². The molecule has 1 amide bonds. The molecular weight excluding hydrogens is 264 g/mol. The Kier molecular flexibility index (Phi) is 4.39. The third kappa shape index (κ3) is 3.36. The number of anilines is 2. The van der Waals surface area contributed by atoms with Crippen LogP contribution in [0.2, 0.25) is 0 Å². The molecule has 1 rings (SSSR count). The van der Waals surface area contributed by atoms with Crippen LogP contribution < -0.4 is 10.2 Å². The van der Waals surface area contributed by atoms with Crippen LogP contribution in [0.15, 0.2) is 18.2 Å². The summed E-state index contributed by atoms with van der Waals surface area (Å²) in [6.07, 6.45) is -4.04. The Balaban J connectivity index is 2.95. The van der Waals surface area contributed by atoms with Crippen LogP contribution in [0.1, 0.15) is 5.56 Å². The number of carbonyl (C=O) groups is 1. The fourth-order valence-electron chi connectivity index (χ4n) is 1.48. The smallest absolute Gasteiger partial charge is 0.377 e. The molecule has 0 bridgehead atoms. The average molecular weight is 278 g/mol. The molecule has 0 fully saturated rings. The minimum absolute atomic E-state index is 0.0413. The topological polar surface area (TPSA) is 32.3 Å². The summed E-state index contributed by atoms with van der Waals surface area (Å²) >= 11 is 0. The Hall–Kier alpha value is -1.79. The van der Waals surface area contributed by atoms with Crippen LogP contribution in [-0.4, -0.2) is 32.4 Å². The van der Waals surface area contributed by atoms with Crippen molar-refractivity contribution in [1.29, 1.82) is 0 Å². The highest BCUT2D eigenvalue weighted by Crippen LogP contribution is 2.27. The number of aryl methyl sites for hydroxylation is 1. The second-order valence-corrected chi connectivity index (χ2v) is 4.27. The van der Waals surface area contributed by atoms with E-state index in [9.17, 15) is 22.4 Å². The molecule has 1 aromatic rings. The average Bonchev–Trinajstić information content (AvgIpc) is 2.30. The predicted molar refractivity (Wildman–Crippen MR) is 65.1 cm³/mol. The van der Waals surface area contributed by atoms with Crippen molar-refractivity contribution in [2.75, 3.05) is 24.3 Å². The lowest BCUT2D eigenvalue weighted by molar-refractivity contribution is -0.163. The number of carbonyl (C=O) groups excluding carboxylic acids is 1. The van der Waals surface area contributed by atoms with Crippen molar-refractivity contribution in [2.24, 2.45) is 0 Å². The van der Waals surface area contributed by atoms with Gasteiger partial charge in [0.2, 0.25) is 0 Å². The van der Waals surface area contributed by atoms with E-state index in [1.165, 1.54) is 12.1 Å².